The molecule has 0 radical (unpaired) electrons. The molecule has 34 heavy (non-hydrogen) atoms. The molecule has 3 rings (SSSR count). The largest absolute Gasteiger partial charge is 0.497 e. The molecule has 9 nitrogen and oxygen atoms in total. The molecule has 0 atom stereocenters. The topological polar surface area (TPSA) is 95.9 Å². The third kappa shape index (κ3) is 9.20. The minimum atomic E-state index is 0.489. The van der Waals surface area contributed by atoms with E-state index in [0.717, 1.165) is 69.4 Å². The second kappa shape index (κ2) is 13.8. The Kier molecular flexibility index (Phi) is 10.5. The quantitative estimate of drug-likeness (QED) is 0.214. The van der Waals surface area contributed by atoms with E-state index < -0.39 is 0 Å². The Balaban J connectivity index is 1.54. The van der Waals surface area contributed by atoms with Crippen LogP contribution in [0.4, 0.5) is 5.95 Å². The van der Waals surface area contributed by atoms with Crippen molar-refractivity contribution in [2.24, 2.45) is 4.99 Å². The second-order valence-electron chi connectivity index (χ2n) is 8.12. The van der Waals surface area contributed by atoms with Crippen molar-refractivity contribution in [3.63, 3.8) is 0 Å². The van der Waals surface area contributed by atoms with E-state index >= 15 is 0 Å². The van der Waals surface area contributed by atoms with Gasteiger partial charge in [0.2, 0.25) is 11.9 Å². The molecule has 1 aliphatic rings. The van der Waals surface area contributed by atoms with E-state index in [2.05, 4.69) is 30.8 Å². The Labute approximate surface area is 207 Å². The van der Waals surface area contributed by atoms with E-state index in [4.69, 9.17) is 26.7 Å². The fourth-order valence-corrected chi connectivity index (χ4v) is 3.77. The third-order valence-corrected chi connectivity index (χ3v) is 5.56. The van der Waals surface area contributed by atoms with Gasteiger partial charge in [0, 0.05) is 37.6 Å². The Morgan fingerprint density at radius 3 is 2.53 bits per heavy atom. The SMILES string of the molecule is COc1ccc(CCN=C(NC(=S)NCCCN2CCOCC2)Nc2nc(C)cc(C)n2)cc1. The summed E-state index contributed by atoms with van der Waals surface area (Å²) < 4.78 is 10.6. The Morgan fingerprint density at radius 1 is 1.15 bits per heavy atom. The van der Waals surface area contributed by atoms with Crippen LogP contribution in [-0.4, -0.2) is 79.0 Å². The molecule has 1 aromatic heterocycles. The number of guanidine groups is 1. The van der Waals surface area contributed by atoms with Crippen molar-refractivity contribution < 1.29 is 9.47 Å². The van der Waals surface area contributed by atoms with Crippen LogP contribution in [0.3, 0.4) is 0 Å². The summed E-state index contributed by atoms with van der Waals surface area (Å²) in [4.78, 5) is 16.0. The number of aliphatic imine (C=N–C) groups is 1. The van der Waals surface area contributed by atoms with E-state index in [1.807, 2.05) is 44.2 Å². The lowest BCUT2D eigenvalue weighted by Gasteiger charge is -2.26. The lowest BCUT2D eigenvalue weighted by atomic mass is 10.1. The fraction of sp³-hybridized carbons (Fsp3) is 0.500. The summed E-state index contributed by atoms with van der Waals surface area (Å²) in [7, 11) is 1.66. The standard InChI is InChI=1S/C24H35N7O2S/c1-18-17-19(2)28-23(27-18)29-22(25-11-9-20-5-7-21(32-3)8-6-20)30-24(34)26-10-4-12-31-13-15-33-16-14-31/h5-8,17H,4,9-16H2,1-3H3,(H3,25,26,27,28,29,30,34). The highest BCUT2D eigenvalue weighted by molar-refractivity contribution is 7.80. The highest BCUT2D eigenvalue weighted by Crippen LogP contribution is 2.11. The Hall–Kier alpha value is -2.82. The smallest absolute Gasteiger partial charge is 0.229 e. The van der Waals surface area contributed by atoms with E-state index in [1.165, 1.54) is 5.56 Å². The van der Waals surface area contributed by atoms with E-state index in [9.17, 15) is 0 Å². The fourth-order valence-electron chi connectivity index (χ4n) is 3.57. The average Bonchev–Trinajstić information content (AvgIpc) is 2.82. The van der Waals surface area contributed by atoms with E-state index in [-0.39, 0.29) is 0 Å². The number of anilines is 1. The summed E-state index contributed by atoms with van der Waals surface area (Å²) >= 11 is 5.51. The first-order chi connectivity index (χ1) is 16.5. The van der Waals surface area contributed by atoms with Crippen LogP contribution < -0.4 is 20.7 Å². The van der Waals surface area contributed by atoms with Gasteiger partial charge >= 0.3 is 0 Å². The number of hydrogen-bond acceptors (Lipinski definition) is 7. The summed E-state index contributed by atoms with van der Waals surface area (Å²) in [5.74, 6) is 1.85. The first-order valence-corrected chi connectivity index (χ1v) is 12.0. The maximum Gasteiger partial charge on any atom is 0.229 e. The van der Waals surface area contributed by atoms with Crippen molar-refractivity contribution in [1.29, 1.82) is 0 Å². The van der Waals surface area contributed by atoms with Crippen molar-refractivity contribution in [2.45, 2.75) is 26.7 Å². The van der Waals surface area contributed by atoms with Gasteiger partial charge in [-0.15, -0.1) is 0 Å². The summed E-state index contributed by atoms with van der Waals surface area (Å²) in [6, 6.07) is 9.93. The number of morpholine rings is 1. The molecule has 0 unspecified atom stereocenters. The van der Waals surface area contributed by atoms with Gasteiger partial charge in [-0.2, -0.15) is 0 Å². The van der Waals surface area contributed by atoms with Crippen LogP contribution in [0.1, 0.15) is 23.4 Å². The number of methoxy groups -OCH3 is 1. The number of rotatable bonds is 9. The van der Waals surface area contributed by atoms with Gasteiger partial charge in [-0.3, -0.25) is 15.2 Å². The van der Waals surface area contributed by atoms with Crippen LogP contribution >= 0.6 is 12.2 Å². The van der Waals surface area contributed by atoms with Crippen molar-refractivity contribution in [3.8, 4) is 5.75 Å². The predicted octanol–water partition coefficient (Wildman–Crippen LogP) is 2.30. The number of ether oxygens (including phenoxy) is 2. The van der Waals surface area contributed by atoms with Crippen LogP contribution in [-0.2, 0) is 11.2 Å². The molecule has 1 aromatic carbocycles. The summed E-state index contributed by atoms with van der Waals surface area (Å²) in [6.07, 6.45) is 1.78. The molecule has 0 spiro atoms. The van der Waals surface area contributed by atoms with Gasteiger partial charge in [0.15, 0.2) is 5.11 Å². The number of aromatic nitrogens is 2. The molecule has 0 bridgehead atoms. The molecule has 2 heterocycles. The number of benzene rings is 1. The van der Waals surface area contributed by atoms with Crippen LogP contribution in [0.15, 0.2) is 35.3 Å². The van der Waals surface area contributed by atoms with Crippen molar-refractivity contribution in [3.05, 3.63) is 47.3 Å². The highest BCUT2D eigenvalue weighted by atomic mass is 32.1. The molecule has 2 aromatic rings. The molecule has 0 saturated carbocycles. The van der Waals surface area contributed by atoms with Gasteiger partial charge in [0.25, 0.3) is 0 Å². The molecule has 0 amide bonds. The van der Waals surface area contributed by atoms with Crippen LogP contribution in [0.2, 0.25) is 0 Å². The zero-order valence-electron chi connectivity index (χ0n) is 20.3. The van der Waals surface area contributed by atoms with Gasteiger partial charge in [-0.25, -0.2) is 9.97 Å². The number of nitrogens with zero attached hydrogens (tertiary/aromatic N) is 4. The molecule has 0 aliphatic carbocycles. The number of nitrogens with one attached hydrogen (secondary N) is 3. The minimum absolute atomic E-state index is 0.489. The van der Waals surface area contributed by atoms with Crippen molar-refractivity contribution >= 4 is 29.2 Å². The maximum absolute atomic E-state index is 5.51. The van der Waals surface area contributed by atoms with E-state index in [0.29, 0.717) is 23.6 Å². The van der Waals surface area contributed by atoms with Crippen LogP contribution in [0.25, 0.3) is 0 Å². The minimum Gasteiger partial charge on any atom is -0.497 e. The van der Waals surface area contributed by atoms with Gasteiger partial charge in [0.1, 0.15) is 5.75 Å². The second-order valence-corrected chi connectivity index (χ2v) is 8.52. The highest BCUT2D eigenvalue weighted by Gasteiger charge is 2.10. The predicted molar refractivity (Wildman–Crippen MR) is 140 cm³/mol. The molecule has 3 N–H and O–H groups in total. The van der Waals surface area contributed by atoms with Crippen LogP contribution in [0.5, 0.6) is 5.75 Å². The summed E-state index contributed by atoms with van der Waals surface area (Å²) in [5.41, 5.74) is 2.95. The molecule has 184 valence electrons. The zero-order chi connectivity index (χ0) is 24.2. The molecular formula is C24H35N7O2S. The number of hydrogen-bond donors (Lipinski definition) is 3. The molecule has 1 saturated heterocycles. The van der Waals surface area contributed by atoms with E-state index in [1.54, 1.807) is 7.11 Å². The van der Waals surface area contributed by atoms with Gasteiger partial charge < -0.3 is 20.1 Å². The number of aryl methyl sites for hydroxylation is 2. The Bertz CT molecular complexity index is 927. The first-order valence-electron chi connectivity index (χ1n) is 11.6. The summed E-state index contributed by atoms with van der Waals surface area (Å²) in [6.45, 7) is 9.88. The maximum atomic E-state index is 5.51. The van der Waals surface area contributed by atoms with Crippen LogP contribution in [0, 0.1) is 13.8 Å². The van der Waals surface area contributed by atoms with Gasteiger partial charge in [-0.05, 0) is 69.2 Å². The average molecular weight is 486 g/mol. The summed E-state index contributed by atoms with van der Waals surface area (Å²) in [5, 5.41) is 10.1. The molecular weight excluding hydrogens is 450 g/mol. The Morgan fingerprint density at radius 2 is 1.85 bits per heavy atom. The van der Waals surface area contributed by atoms with Crippen molar-refractivity contribution in [1.82, 2.24) is 25.5 Å². The van der Waals surface area contributed by atoms with Crippen molar-refractivity contribution in [2.75, 3.05) is 58.4 Å². The third-order valence-electron chi connectivity index (χ3n) is 5.31. The zero-order valence-corrected chi connectivity index (χ0v) is 21.1. The number of thiocarbonyl (C=S) groups is 1. The van der Waals surface area contributed by atoms with Gasteiger partial charge in [0.05, 0.1) is 20.3 Å². The normalized spacial score (nSPS) is 14.5. The lowest BCUT2D eigenvalue weighted by Crippen LogP contribution is -2.44. The molecule has 10 heteroatoms. The monoisotopic (exact) mass is 485 g/mol. The molecule has 1 aliphatic heterocycles. The molecule has 1 fully saturated rings. The first kappa shape index (κ1) is 25.8. The van der Waals surface area contributed by atoms with Gasteiger partial charge in [-0.1, -0.05) is 12.1 Å². The lowest BCUT2D eigenvalue weighted by molar-refractivity contribution is 0.0376.